The molecular weight excluding hydrogens is 368 g/mol. The number of methoxy groups -OCH3 is 1. The number of benzene rings is 2. The van der Waals surface area contributed by atoms with E-state index < -0.39 is 18.0 Å². The van der Waals surface area contributed by atoms with E-state index in [2.05, 4.69) is 10.3 Å². The molecule has 0 fully saturated rings. The fourth-order valence-electron chi connectivity index (χ4n) is 2.58. The first-order valence-electron chi connectivity index (χ1n) is 8.18. The molecule has 0 saturated heterocycles. The van der Waals surface area contributed by atoms with Crippen molar-refractivity contribution in [2.45, 2.75) is 13.0 Å². The molecule has 27 heavy (non-hydrogen) atoms. The lowest BCUT2D eigenvalue weighted by Gasteiger charge is -2.15. The minimum Gasteiger partial charge on any atom is -0.496 e. The maximum absolute atomic E-state index is 12.6. The maximum atomic E-state index is 12.6. The van der Waals surface area contributed by atoms with Crippen LogP contribution in [0.2, 0.25) is 5.02 Å². The predicted octanol–water partition coefficient (Wildman–Crippen LogP) is 4.08. The average Bonchev–Trinajstić information content (AvgIpc) is 2.68. The van der Waals surface area contributed by atoms with Crippen molar-refractivity contribution in [2.75, 3.05) is 12.4 Å². The third kappa shape index (κ3) is 4.17. The van der Waals surface area contributed by atoms with Gasteiger partial charge in [0.1, 0.15) is 11.6 Å². The van der Waals surface area contributed by atoms with Crippen LogP contribution in [0.5, 0.6) is 5.75 Å². The van der Waals surface area contributed by atoms with E-state index in [1.54, 1.807) is 37.4 Å². The molecule has 0 aliphatic rings. The van der Waals surface area contributed by atoms with Crippen LogP contribution in [-0.4, -0.2) is 30.1 Å². The Bertz CT molecular complexity index is 989. The Labute approximate surface area is 161 Å². The Morgan fingerprint density at radius 1 is 1.07 bits per heavy atom. The first-order valence-corrected chi connectivity index (χ1v) is 8.56. The number of ether oxygens (including phenoxy) is 2. The van der Waals surface area contributed by atoms with E-state index in [9.17, 15) is 9.59 Å². The number of esters is 1. The molecule has 3 rings (SSSR count). The van der Waals surface area contributed by atoms with Crippen molar-refractivity contribution in [3.63, 3.8) is 0 Å². The summed E-state index contributed by atoms with van der Waals surface area (Å²) in [6.07, 6.45) is 0.410. The summed E-state index contributed by atoms with van der Waals surface area (Å²) in [6.45, 7) is 1.49. The van der Waals surface area contributed by atoms with Gasteiger partial charge in [-0.25, -0.2) is 9.78 Å². The summed E-state index contributed by atoms with van der Waals surface area (Å²) in [5.41, 5.74) is 0.357. The number of aromatic nitrogens is 1. The SMILES string of the molecule is COc1ccc(C(=O)O[C@H](C)C(=O)Nc2ccc(Cl)cn2)c2ccccc12. The highest BCUT2D eigenvalue weighted by atomic mass is 35.5. The molecule has 0 bridgehead atoms. The highest BCUT2D eigenvalue weighted by molar-refractivity contribution is 6.30. The summed E-state index contributed by atoms with van der Waals surface area (Å²) in [5, 5.41) is 4.51. The Morgan fingerprint density at radius 3 is 2.48 bits per heavy atom. The molecule has 1 heterocycles. The molecule has 6 nitrogen and oxygen atoms in total. The minimum absolute atomic E-state index is 0.321. The van der Waals surface area contributed by atoms with Crippen LogP contribution in [0.3, 0.4) is 0 Å². The maximum Gasteiger partial charge on any atom is 0.339 e. The molecular formula is C20H17ClN2O4. The smallest absolute Gasteiger partial charge is 0.339 e. The number of rotatable bonds is 5. The predicted molar refractivity (Wildman–Crippen MR) is 103 cm³/mol. The van der Waals surface area contributed by atoms with E-state index in [1.807, 2.05) is 18.2 Å². The summed E-state index contributed by atoms with van der Waals surface area (Å²) >= 11 is 5.76. The van der Waals surface area contributed by atoms with Gasteiger partial charge >= 0.3 is 5.97 Å². The molecule has 1 aromatic heterocycles. The quantitative estimate of drug-likeness (QED) is 0.670. The third-order valence-corrected chi connectivity index (χ3v) is 4.18. The number of halogens is 1. The number of carbonyl (C=O) groups excluding carboxylic acids is 2. The molecule has 0 aliphatic carbocycles. The van der Waals surface area contributed by atoms with Crippen molar-refractivity contribution in [1.82, 2.24) is 4.98 Å². The second-order valence-electron chi connectivity index (χ2n) is 5.76. The highest BCUT2D eigenvalue weighted by Crippen LogP contribution is 2.29. The summed E-state index contributed by atoms with van der Waals surface area (Å²) in [6, 6.07) is 13.8. The molecule has 138 valence electrons. The van der Waals surface area contributed by atoms with Gasteiger partial charge in [0.25, 0.3) is 5.91 Å². The molecule has 1 N–H and O–H groups in total. The van der Waals surface area contributed by atoms with E-state index in [-0.39, 0.29) is 0 Å². The molecule has 0 aliphatic heterocycles. The zero-order chi connectivity index (χ0) is 19.4. The lowest BCUT2D eigenvalue weighted by molar-refractivity contribution is -0.123. The van der Waals surface area contributed by atoms with Crippen molar-refractivity contribution in [3.05, 3.63) is 65.3 Å². The zero-order valence-corrected chi connectivity index (χ0v) is 15.5. The Kier molecular flexibility index (Phi) is 5.57. The monoisotopic (exact) mass is 384 g/mol. The molecule has 0 unspecified atom stereocenters. The average molecular weight is 385 g/mol. The van der Waals surface area contributed by atoms with E-state index in [1.165, 1.54) is 13.1 Å². The number of nitrogens with zero attached hydrogens (tertiary/aromatic N) is 1. The molecule has 2 aromatic carbocycles. The summed E-state index contributed by atoms with van der Waals surface area (Å²) < 4.78 is 10.7. The van der Waals surface area contributed by atoms with E-state index >= 15 is 0 Å². The van der Waals surface area contributed by atoms with Crippen LogP contribution in [0.1, 0.15) is 17.3 Å². The van der Waals surface area contributed by atoms with Crippen molar-refractivity contribution in [2.24, 2.45) is 0 Å². The van der Waals surface area contributed by atoms with Crippen molar-refractivity contribution >= 4 is 40.1 Å². The number of anilines is 1. The van der Waals surface area contributed by atoms with Gasteiger partial charge in [0, 0.05) is 11.6 Å². The Hall–Kier alpha value is -3.12. The molecule has 7 heteroatoms. The Balaban J connectivity index is 1.76. The van der Waals surface area contributed by atoms with Crippen LogP contribution >= 0.6 is 11.6 Å². The minimum atomic E-state index is -1.00. The summed E-state index contributed by atoms with van der Waals surface area (Å²) in [4.78, 5) is 28.8. The second-order valence-corrected chi connectivity index (χ2v) is 6.20. The third-order valence-electron chi connectivity index (χ3n) is 3.96. The fraction of sp³-hybridized carbons (Fsp3) is 0.150. The van der Waals surface area contributed by atoms with Gasteiger partial charge in [0.15, 0.2) is 6.10 Å². The Morgan fingerprint density at radius 2 is 1.81 bits per heavy atom. The number of hydrogen-bond acceptors (Lipinski definition) is 5. The van der Waals surface area contributed by atoms with E-state index in [4.69, 9.17) is 21.1 Å². The van der Waals surface area contributed by atoms with Gasteiger partial charge in [-0.2, -0.15) is 0 Å². The first-order chi connectivity index (χ1) is 13.0. The second kappa shape index (κ2) is 8.05. The van der Waals surface area contributed by atoms with Crippen LogP contribution in [0.25, 0.3) is 10.8 Å². The van der Waals surface area contributed by atoms with E-state index in [0.717, 1.165) is 5.39 Å². The van der Waals surface area contributed by atoms with Gasteiger partial charge in [-0.1, -0.05) is 35.9 Å². The molecule has 3 aromatic rings. The number of amides is 1. The molecule has 1 amide bonds. The van der Waals surface area contributed by atoms with Gasteiger partial charge in [0.05, 0.1) is 17.7 Å². The van der Waals surface area contributed by atoms with Gasteiger partial charge in [-0.3, -0.25) is 4.79 Å². The number of hydrogen-bond donors (Lipinski definition) is 1. The topological polar surface area (TPSA) is 77.5 Å². The molecule has 1 atom stereocenters. The van der Waals surface area contributed by atoms with Crippen molar-refractivity contribution in [1.29, 1.82) is 0 Å². The van der Waals surface area contributed by atoms with Gasteiger partial charge in [-0.05, 0) is 36.6 Å². The van der Waals surface area contributed by atoms with Gasteiger partial charge < -0.3 is 14.8 Å². The first kappa shape index (κ1) is 18.7. The number of carbonyl (C=O) groups is 2. The van der Waals surface area contributed by atoms with Crippen LogP contribution in [0.4, 0.5) is 5.82 Å². The van der Waals surface area contributed by atoms with Gasteiger partial charge in [-0.15, -0.1) is 0 Å². The van der Waals surface area contributed by atoms with E-state index in [0.29, 0.717) is 27.5 Å². The number of pyridine rings is 1. The van der Waals surface area contributed by atoms with Crippen LogP contribution in [-0.2, 0) is 9.53 Å². The van der Waals surface area contributed by atoms with Crippen LogP contribution in [0, 0.1) is 0 Å². The van der Waals surface area contributed by atoms with Gasteiger partial charge in [0.2, 0.25) is 0 Å². The molecule has 0 radical (unpaired) electrons. The fourth-order valence-corrected chi connectivity index (χ4v) is 2.69. The highest BCUT2D eigenvalue weighted by Gasteiger charge is 2.21. The lowest BCUT2D eigenvalue weighted by atomic mass is 10.0. The standard InChI is InChI=1S/C20H17ClN2O4/c1-12(19(24)23-18-10-7-13(21)11-22-18)27-20(25)16-8-9-17(26-2)15-6-4-3-5-14(15)16/h3-12H,1-2H3,(H,22,23,24)/t12-/m1/s1. The number of fused-ring (bicyclic) bond motifs is 1. The largest absolute Gasteiger partial charge is 0.496 e. The lowest BCUT2D eigenvalue weighted by Crippen LogP contribution is -2.30. The number of nitrogens with one attached hydrogen (secondary N) is 1. The van der Waals surface area contributed by atoms with Crippen molar-refractivity contribution < 1.29 is 19.1 Å². The zero-order valence-electron chi connectivity index (χ0n) is 14.7. The molecule has 0 spiro atoms. The molecule has 0 saturated carbocycles. The normalized spacial score (nSPS) is 11.7. The van der Waals surface area contributed by atoms with Crippen molar-refractivity contribution in [3.8, 4) is 5.75 Å². The summed E-state index contributed by atoms with van der Waals surface area (Å²) in [7, 11) is 1.57. The van der Waals surface area contributed by atoms with Crippen LogP contribution in [0.15, 0.2) is 54.7 Å². The van der Waals surface area contributed by atoms with Crippen LogP contribution < -0.4 is 10.1 Å². The summed E-state index contributed by atoms with van der Waals surface area (Å²) in [5.74, 6) is -0.111.